The summed E-state index contributed by atoms with van der Waals surface area (Å²) in [6, 6.07) is 3.01. The molecule has 3 nitrogen and oxygen atoms in total. The summed E-state index contributed by atoms with van der Waals surface area (Å²) in [6.07, 6.45) is 1.58. The molecule has 84 valence electrons. The number of halogens is 3. The maximum absolute atomic E-state index is 13.5. The van der Waals surface area contributed by atoms with Crippen LogP contribution in [0.15, 0.2) is 22.8 Å². The summed E-state index contributed by atoms with van der Waals surface area (Å²) in [5, 5.41) is 4.29. The zero-order valence-electron chi connectivity index (χ0n) is 8.34. The molecule has 0 atom stereocenters. The molecule has 0 amide bonds. The zero-order valence-corrected chi connectivity index (χ0v) is 10.7. The molecule has 0 bridgehead atoms. The third-order valence-corrected chi connectivity index (χ3v) is 3.61. The van der Waals surface area contributed by atoms with Crippen LogP contribution in [-0.2, 0) is 7.05 Å². The highest BCUT2D eigenvalue weighted by Crippen LogP contribution is 2.33. The molecule has 0 spiro atoms. The maximum atomic E-state index is 13.5. The van der Waals surface area contributed by atoms with Gasteiger partial charge in [0, 0.05) is 12.6 Å². The molecule has 2 N–H and O–H groups in total. The molecule has 0 aliphatic rings. The van der Waals surface area contributed by atoms with Crippen molar-refractivity contribution in [3.05, 3.63) is 33.6 Å². The highest BCUT2D eigenvalue weighted by atomic mass is 79.9. The van der Waals surface area contributed by atoms with Crippen molar-refractivity contribution in [2.45, 2.75) is 0 Å². The first-order valence-electron chi connectivity index (χ1n) is 4.43. The van der Waals surface area contributed by atoms with Gasteiger partial charge in [-0.3, -0.25) is 4.68 Å². The van der Waals surface area contributed by atoms with Gasteiger partial charge in [0.15, 0.2) is 0 Å². The quantitative estimate of drug-likeness (QED) is 0.822. The largest absolute Gasteiger partial charge is 0.383 e. The molecule has 1 aromatic carbocycles. The van der Waals surface area contributed by atoms with Gasteiger partial charge >= 0.3 is 0 Å². The third-order valence-electron chi connectivity index (χ3n) is 2.28. The lowest BCUT2D eigenvalue weighted by atomic mass is 10.1. The molecule has 0 radical (unpaired) electrons. The van der Waals surface area contributed by atoms with Crippen LogP contribution in [0.3, 0.4) is 0 Å². The molecule has 1 aromatic heterocycles. The first-order valence-corrected chi connectivity index (χ1v) is 5.60. The van der Waals surface area contributed by atoms with Gasteiger partial charge in [-0.25, -0.2) is 4.39 Å². The van der Waals surface area contributed by atoms with Gasteiger partial charge in [0.2, 0.25) is 0 Å². The van der Waals surface area contributed by atoms with Crippen LogP contribution >= 0.6 is 27.5 Å². The van der Waals surface area contributed by atoms with E-state index in [1.165, 1.54) is 10.7 Å². The van der Waals surface area contributed by atoms with Gasteiger partial charge in [0.25, 0.3) is 0 Å². The SMILES string of the molecule is Cn1ncc(-c2cc(F)c(Br)c(Cl)c2)c1N. The summed E-state index contributed by atoms with van der Waals surface area (Å²) in [5.74, 6) is 0.0449. The molecule has 0 fully saturated rings. The smallest absolute Gasteiger partial charge is 0.139 e. The fourth-order valence-corrected chi connectivity index (χ4v) is 1.82. The molecule has 0 saturated heterocycles. The van der Waals surface area contributed by atoms with Crippen molar-refractivity contribution in [1.29, 1.82) is 0 Å². The Labute approximate surface area is 105 Å². The second kappa shape index (κ2) is 4.07. The van der Waals surface area contributed by atoms with E-state index < -0.39 is 5.82 Å². The lowest BCUT2D eigenvalue weighted by Gasteiger charge is -2.04. The van der Waals surface area contributed by atoms with Crippen molar-refractivity contribution >= 4 is 33.3 Å². The number of nitrogen functional groups attached to an aromatic ring is 1. The molecule has 1 heterocycles. The van der Waals surface area contributed by atoms with E-state index in [1.54, 1.807) is 19.3 Å². The summed E-state index contributed by atoms with van der Waals surface area (Å²) in [5.41, 5.74) is 7.07. The van der Waals surface area contributed by atoms with Gasteiger partial charge in [0.05, 0.1) is 15.7 Å². The van der Waals surface area contributed by atoms with E-state index >= 15 is 0 Å². The number of aromatic nitrogens is 2. The van der Waals surface area contributed by atoms with E-state index in [4.69, 9.17) is 17.3 Å². The standard InChI is InChI=1S/C10H8BrClFN3/c1-16-10(14)6(4-15-16)5-2-7(12)9(11)8(13)3-5/h2-4H,14H2,1H3. The molecule has 0 unspecified atom stereocenters. The molecule has 0 aliphatic carbocycles. The van der Waals surface area contributed by atoms with Crippen molar-refractivity contribution in [3.63, 3.8) is 0 Å². The van der Waals surface area contributed by atoms with Crippen LogP contribution in [-0.4, -0.2) is 9.78 Å². The Balaban J connectivity index is 2.61. The minimum atomic E-state index is -0.425. The second-order valence-electron chi connectivity index (χ2n) is 3.32. The average Bonchev–Trinajstić information content (AvgIpc) is 2.56. The summed E-state index contributed by atoms with van der Waals surface area (Å²) >= 11 is 8.92. The summed E-state index contributed by atoms with van der Waals surface area (Å²) < 4.78 is 15.2. The number of anilines is 1. The van der Waals surface area contributed by atoms with Crippen LogP contribution in [0.2, 0.25) is 5.02 Å². The predicted octanol–water partition coefficient (Wildman–Crippen LogP) is 3.22. The van der Waals surface area contributed by atoms with Crippen LogP contribution in [0.1, 0.15) is 0 Å². The van der Waals surface area contributed by atoms with Crippen LogP contribution in [0.25, 0.3) is 11.1 Å². The number of benzene rings is 1. The fourth-order valence-electron chi connectivity index (χ4n) is 1.38. The summed E-state index contributed by atoms with van der Waals surface area (Å²) in [7, 11) is 1.72. The van der Waals surface area contributed by atoms with Gasteiger partial charge < -0.3 is 5.73 Å². The second-order valence-corrected chi connectivity index (χ2v) is 4.52. The first kappa shape index (κ1) is 11.4. The van der Waals surface area contributed by atoms with Crippen LogP contribution < -0.4 is 5.73 Å². The number of rotatable bonds is 1. The van der Waals surface area contributed by atoms with Gasteiger partial charge in [-0.1, -0.05) is 11.6 Å². The normalized spacial score (nSPS) is 10.8. The fraction of sp³-hybridized carbons (Fsp3) is 0.100. The zero-order chi connectivity index (χ0) is 11.9. The molecule has 0 aliphatic heterocycles. The van der Waals surface area contributed by atoms with Crippen molar-refractivity contribution in [2.75, 3.05) is 5.73 Å². The topological polar surface area (TPSA) is 43.8 Å². The number of hydrogen-bond acceptors (Lipinski definition) is 2. The first-order chi connectivity index (χ1) is 7.50. The van der Waals surface area contributed by atoms with Crippen molar-refractivity contribution in [1.82, 2.24) is 9.78 Å². The molecule has 0 saturated carbocycles. The Kier molecular flexibility index (Phi) is 2.90. The van der Waals surface area contributed by atoms with Gasteiger partial charge in [-0.05, 0) is 33.6 Å². The highest BCUT2D eigenvalue weighted by Gasteiger charge is 2.12. The van der Waals surface area contributed by atoms with E-state index in [0.717, 1.165) is 0 Å². The third kappa shape index (κ3) is 1.81. The van der Waals surface area contributed by atoms with E-state index in [9.17, 15) is 4.39 Å². The predicted molar refractivity (Wildman–Crippen MR) is 65.7 cm³/mol. The van der Waals surface area contributed by atoms with Gasteiger partial charge in [-0.15, -0.1) is 0 Å². The minimum absolute atomic E-state index is 0.250. The highest BCUT2D eigenvalue weighted by molar-refractivity contribution is 9.10. The van der Waals surface area contributed by atoms with E-state index in [-0.39, 0.29) is 4.47 Å². The van der Waals surface area contributed by atoms with Crippen LogP contribution in [0.5, 0.6) is 0 Å². The van der Waals surface area contributed by atoms with E-state index in [1.807, 2.05) is 0 Å². The Morgan fingerprint density at radius 3 is 2.69 bits per heavy atom. The molecule has 6 heteroatoms. The van der Waals surface area contributed by atoms with Crippen LogP contribution in [0, 0.1) is 5.82 Å². The van der Waals surface area contributed by atoms with Gasteiger partial charge in [-0.2, -0.15) is 5.10 Å². The molecule has 2 aromatic rings. The van der Waals surface area contributed by atoms with Crippen molar-refractivity contribution < 1.29 is 4.39 Å². The molecule has 2 rings (SSSR count). The number of hydrogen-bond donors (Lipinski definition) is 1. The molecular formula is C10H8BrClFN3. The van der Waals surface area contributed by atoms with Crippen molar-refractivity contribution in [3.8, 4) is 11.1 Å². The van der Waals surface area contributed by atoms with Crippen molar-refractivity contribution in [2.24, 2.45) is 7.05 Å². The molecule has 16 heavy (non-hydrogen) atoms. The molecular weight excluding hydrogens is 296 g/mol. The number of aryl methyl sites for hydroxylation is 1. The lowest BCUT2D eigenvalue weighted by Crippen LogP contribution is -1.98. The average molecular weight is 305 g/mol. The Morgan fingerprint density at radius 2 is 2.19 bits per heavy atom. The Bertz CT molecular complexity index is 530. The van der Waals surface area contributed by atoms with E-state index in [2.05, 4.69) is 21.0 Å². The summed E-state index contributed by atoms with van der Waals surface area (Å²) in [6.45, 7) is 0. The Morgan fingerprint density at radius 1 is 1.50 bits per heavy atom. The maximum Gasteiger partial charge on any atom is 0.139 e. The van der Waals surface area contributed by atoms with Crippen LogP contribution in [0.4, 0.5) is 10.2 Å². The minimum Gasteiger partial charge on any atom is -0.383 e. The van der Waals surface area contributed by atoms with Gasteiger partial charge in [0.1, 0.15) is 11.6 Å². The Hall–Kier alpha value is -1.07. The number of nitrogens with two attached hydrogens (primary N) is 1. The number of nitrogens with zero attached hydrogens (tertiary/aromatic N) is 2. The monoisotopic (exact) mass is 303 g/mol. The van der Waals surface area contributed by atoms with E-state index in [0.29, 0.717) is 22.0 Å². The summed E-state index contributed by atoms with van der Waals surface area (Å²) in [4.78, 5) is 0. The lowest BCUT2D eigenvalue weighted by molar-refractivity contribution is 0.622.